The molecule has 0 bridgehead atoms. The maximum Gasteiger partial charge on any atom is 0.241 e. The minimum absolute atomic E-state index is 0.00686. The Morgan fingerprint density at radius 2 is 2.38 bits per heavy atom. The Labute approximate surface area is 92.0 Å². The van der Waals surface area contributed by atoms with Gasteiger partial charge in [0.05, 0.1) is 18.3 Å². The summed E-state index contributed by atoms with van der Waals surface area (Å²) < 4.78 is 18.5. The quantitative estimate of drug-likeness (QED) is 0.696. The number of benzene rings is 1. The van der Waals surface area contributed by atoms with Crippen LogP contribution in [-0.4, -0.2) is 31.6 Å². The zero-order valence-electron chi connectivity index (χ0n) is 8.57. The average Bonchev–Trinajstić information content (AvgIpc) is 2.29. The summed E-state index contributed by atoms with van der Waals surface area (Å²) in [6.45, 7) is 1.45. The molecule has 4 nitrogen and oxygen atoms in total. The van der Waals surface area contributed by atoms with Gasteiger partial charge in [0.25, 0.3) is 0 Å². The van der Waals surface area contributed by atoms with Gasteiger partial charge in [0.15, 0.2) is 0 Å². The summed E-state index contributed by atoms with van der Waals surface area (Å²) in [6, 6.07) is 4.28. The van der Waals surface area contributed by atoms with E-state index in [2.05, 4.69) is 5.32 Å². The van der Waals surface area contributed by atoms with Gasteiger partial charge in [0.1, 0.15) is 18.2 Å². The number of nitrogens with zero attached hydrogens (tertiary/aromatic N) is 1. The molecule has 0 aromatic heterocycles. The van der Waals surface area contributed by atoms with Crippen molar-refractivity contribution < 1.29 is 13.9 Å². The Kier molecular flexibility index (Phi) is 2.07. The molecule has 1 amide bonds. The average molecular weight is 222 g/mol. The Bertz CT molecular complexity index is 450. The second kappa shape index (κ2) is 3.45. The fourth-order valence-electron chi connectivity index (χ4n) is 2.18. The van der Waals surface area contributed by atoms with Gasteiger partial charge in [-0.15, -0.1) is 0 Å². The Morgan fingerprint density at radius 3 is 3.25 bits per heavy atom. The number of halogens is 1. The van der Waals surface area contributed by atoms with Crippen LogP contribution in [0.2, 0.25) is 0 Å². The van der Waals surface area contributed by atoms with Gasteiger partial charge >= 0.3 is 0 Å². The molecule has 1 fully saturated rings. The summed E-state index contributed by atoms with van der Waals surface area (Å²) in [5, 5.41) is 3.03. The fraction of sp³-hybridized carbons (Fsp3) is 0.364. The minimum atomic E-state index is -0.347. The van der Waals surface area contributed by atoms with Crippen LogP contribution < -0.4 is 15.0 Å². The highest BCUT2D eigenvalue weighted by Gasteiger charge is 2.34. The Hall–Kier alpha value is -1.62. The van der Waals surface area contributed by atoms with E-state index in [4.69, 9.17) is 4.74 Å². The molecule has 0 radical (unpaired) electrons. The van der Waals surface area contributed by atoms with Crippen molar-refractivity contribution in [3.8, 4) is 5.75 Å². The van der Waals surface area contributed by atoms with Gasteiger partial charge in [-0.05, 0) is 12.1 Å². The van der Waals surface area contributed by atoms with Crippen LogP contribution in [-0.2, 0) is 4.79 Å². The van der Waals surface area contributed by atoms with Gasteiger partial charge in [0.2, 0.25) is 5.91 Å². The molecule has 0 spiro atoms. The SMILES string of the molecule is O=C1CNCC2COc3cc(F)ccc3N12. The third kappa shape index (κ3) is 1.36. The van der Waals surface area contributed by atoms with E-state index >= 15 is 0 Å². The molecule has 84 valence electrons. The lowest BCUT2D eigenvalue weighted by molar-refractivity contribution is -0.119. The number of carbonyl (C=O) groups is 1. The van der Waals surface area contributed by atoms with Gasteiger partial charge in [-0.2, -0.15) is 0 Å². The van der Waals surface area contributed by atoms with Crippen molar-refractivity contribution in [2.45, 2.75) is 6.04 Å². The van der Waals surface area contributed by atoms with Gasteiger partial charge < -0.3 is 15.0 Å². The number of nitrogens with one attached hydrogen (secondary N) is 1. The number of anilines is 1. The zero-order chi connectivity index (χ0) is 11.1. The topological polar surface area (TPSA) is 41.6 Å². The molecule has 1 atom stereocenters. The molecule has 0 aliphatic carbocycles. The van der Waals surface area contributed by atoms with Crippen molar-refractivity contribution in [2.24, 2.45) is 0 Å². The van der Waals surface area contributed by atoms with Crippen molar-refractivity contribution >= 4 is 11.6 Å². The summed E-state index contributed by atoms with van der Waals surface area (Å²) in [7, 11) is 0. The van der Waals surface area contributed by atoms with E-state index in [0.717, 1.165) is 0 Å². The first-order valence-electron chi connectivity index (χ1n) is 5.21. The van der Waals surface area contributed by atoms with Crippen molar-refractivity contribution in [1.29, 1.82) is 0 Å². The number of carbonyl (C=O) groups excluding carboxylic acids is 1. The van der Waals surface area contributed by atoms with E-state index in [9.17, 15) is 9.18 Å². The number of hydrogen-bond acceptors (Lipinski definition) is 3. The lowest BCUT2D eigenvalue weighted by Gasteiger charge is -2.40. The number of fused-ring (bicyclic) bond motifs is 3. The summed E-state index contributed by atoms with van der Waals surface area (Å²) >= 11 is 0. The first kappa shape index (κ1) is 9.59. The van der Waals surface area contributed by atoms with E-state index in [-0.39, 0.29) is 17.8 Å². The second-order valence-electron chi connectivity index (χ2n) is 3.97. The molecule has 2 heterocycles. The predicted molar refractivity (Wildman–Crippen MR) is 56.0 cm³/mol. The lowest BCUT2D eigenvalue weighted by Crippen LogP contribution is -2.58. The third-order valence-electron chi connectivity index (χ3n) is 2.90. The molecule has 0 saturated carbocycles. The van der Waals surface area contributed by atoms with Gasteiger partial charge in [0, 0.05) is 12.6 Å². The monoisotopic (exact) mass is 222 g/mol. The highest BCUT2D eigenvalue weighted by molar-refractivity contribution is 5.98. The normalized spacial score (nSPS) is 23.4. The molecular formula is C11H11FN2O2. The molecule has 1 N–H and O–H groups in total. The van der Waals surface area contributed by atoms with Crippen LogP contribution in [0.1, 0.15) is 0 Å². The maximum absolute atomic E-state index is 13.0. The highest BCUT2D eigenvalue weighted by Crippen LogP contribution is 2.35. The Balaban J connectivity index is 2.06. The van der Waals surface area contributed by atoms with Gasteiger partial charge in [-0.25, -0.2) is 4.39 Å². The number of hydrogen-bond donors (Lipinski definition) is 1. The first-order valence-corrected chi connectivity index (χ1v) is 5.21. The lowest BCUT2D eigenvalue weighted by atomic mass is 10.1. The smallest absolute Gasteiger partial charge is 0.241 e. The first-order chi connectivity index (χ1) is 7.75. The van der Waals surface area contributed by atoms with Crippen molar-refractivity contribution in [3.63, 3.8) is 0 Å². The molecule has 3 rings (SSSR count). The van der Waals surface area contributed by atoms with Crippen molar-refractivity contribution in [2.75, 3.05) is 24.6 Å². The van der Waals surface area contributed by atoms with Crippen LogP contribution in [0.25, 0.3) is 0 Å². The molecular weight excluding hydrogens is 211 g/mol. The predicted octanol–water partition coefficient (Wildman–Crippen LogP) is 0.523. The van der Waals surface area contributed by atoms with E-state index < -0.39 is 0 Å². The number of rotatable bonds is 0. The summed E-state index contributed by atoms with van der Waals surface area (Å²) in [6.07, 6.45) is 0. The molecule has 2 aliphatic rings. The largest absolute Gasteiger partial charge is 0.489 e. The van der Waals surface area contributed by atoms with E-state index in [1.165, 1.54) is 12.1 Å². The standard InChI is InChI=1S/C11H11FN2O2/c12-7-1-2-9-10(3-7)16-6-8-4-13-5-11(15)14(8)9/h1-3,8,13H,4-6H2. The molecule has 1 aromatic rings. The van der Waals surface area contributed by atoms with Crippen molar-refractivity contribution in [1.82, 2.24) is 5.32 Å². The second-order valence-corrected chi connectivity index (χ2v) is 3.97. The summed E-state index contributed by atoms with van der Waals surface area (Å²) in [5.41, 5.74) is 0.671. The van der Waals surface area contributed by atoms with E-state index in [1.54, 1.807) is 11.0 Å². The van der Waals surface area contributed by atoms with Crippen molar-refractivity contribution in [3.05, 3.63) is 24.0 Å². The van der Waals surface area contributed by atoms with Crippen LogP contribution >= 0.6 is 0 Å². The van der Waals surface area contributed by atoms with Crippen LogP contribution in [0, 0.1) is 5.82 Å². The van der Waals surface area contributed by atoms with Crippen LogP contribution in [0.5, 0.6) is 5.75 Å². The number of amides is 1. The fourth-order valence-corrected chi connectivity index (χ4v) is 2.18. The molecule has 1 unspecified atom stereocenters. The summed E-state index contributed by atoms with van der Waals surface area (Å²) in [4.78, 5) is 13.5. The van der Waals surface area contributed by atoms with Gasteiger partial charge in [-0.1, -0.05) is 0 Å². The number of ether oxygens (including phenoxy) is 1. The molecule has 5 heteroatoms. The maximum atomic E-state index is 13.0. The van der Waals surface area contributed by atoms with Crippen LogP contribution in [0.15, 0.2) is 18.2 Å². The van der Waals surface area contributed by atoms with E-state index in [1.807, 2.05) is 0 Å². The summed E-state index contributed by atoms with van der Waals surface area (Å²) in [5.74, 6) is 0.110. The Morgan fingerprint density at radius 1 is 1.50 bits per heavy atom. The van der Waals surface area contributed by atoms with Crippen LogP contribution in [0.3, 0.4) is 0 Å². The van der Waals surface area contributed by atoms with E-state index in [0.29, 0.717) is 31.1 Å². The molecule has 1 aromatic carbocycles. The zero-order valence-corrected chi connectivity index (χ0v) is 8.57. The molecule has 1 saturated heterocycles. The van der Waals surface area contributed by atoms with Crippen LogP contribution in [0.4, 0.5) is 10.1 Å². The minimum Gasteiger partial charge on any atom is -0.489 e. The highest BCUT2D eigenvalue weighted by atomic mass is 19.1. The van der Waals surface area contributed by atoms with Gasteiger partial charge in [-0.3, -0.25) is 4.79 Å². The molecule has 16 heavy (non-hydrogen) atoms. The number of piperazine rings is 1. The third-order valence-corrected chi connectivity index (χ3v) is 2.90. The molecule has 2 aliphatic heterocycles.